The zero-order valence-electron chi connectivity index (χ0n) is 20.5. The molecule has 0 aromatic heterocycles. The Balaban J connectivity index is 1.53. The van der Waals surface area contributed by atoms with E-state index >= 15 is 0 Å². The maximum atomic E-state index is 14.6. The van der Waals surface area contributed by atoms with E-state index < -0.39 is 21.7 Å². The van der Waals surface area contributed by atoms with Crippen molar-refractivity contribution in [1.82, 2.24) is 4.47 Å². The molecule has 1 aliphatic rings. The Morgan fingerprint density at radius 3 is 2.25 bits per heavy atom. The first kappa shape index (κ1) is 26.8. The third-order valence-corrected chi connectivity index (χ3v) is 9.25. The standard InChI is InChI=1S/C27H30FNO5S2/c1-20(29(33-3)36(30,31)26-7-5-4-6-8-26)21-9-11-24(12-10-21)35-25-18-22(17-23(28)19-25)27(32-2)13-15-34-16-14-27/h4-12,17-20H,13-16H2,1-3H3. The van der Waals surface area contributed by atoms with E-state index in [2.05, 4.69) is 0 Å². The number of hydroxylamine groups is 1. The van der Waals surface area contributed by atoms with Gasteiger partial charge in [0.2, 0.25) is 0 Å². The van der Waals surface area contributed by atoms with E-state index in [1.165, 1.54) is 43.1 Å². The number of ether oxygens (including phenoxy) is 2. The van der Waals surface area contributed by atoms with E-state index in [0.29, 0.717) is 26.1 Å². The summed E-state index contributed by atoms with van der Waals surface area (Å²) in [5.74, 6) is -0.315. The molecule has 1 atom stereocenters. The van der Waals surface area contributed by atoms with Crippen molar-refractivity contribution in [3.05, 3.63) is 89.7 Å². The molecular weight excluding hydrogens is 501 g/mol. The number of halogens is 1. The van der Waals surface area contributed by atoms with Gasteiger partial charge in [0.05, 0.1) is 23.6 Å². The molecule has 4 rings (SSSR count). The Bertz CT molecular complexity index is 1260. The van der Waals surface area contributed by atoms with Crippen molar-refractivity contribution in [2.45, 2.75) is 46.1 Å². The molecule has 1 fully saturated rings. The van der Waals surface area contributed by atoms with Crippen LogP contribution in [0.3, 0.4) is 0 Å². The van der Waals surface area contributed by atoms with Gasteiger partial charge in [0.1, 0.15) is 5.82 Å². The van der Waals surface area contributed by atoms with Gasteiger partial charge in [-0.1, -0.05) is 46.6 Å². The fraction of sp³-hybridized carbons (Fsp3) is 0.333. The monoisotopic (exact) mass is 531 g/mol. The second-order valence-corrected chi connectivity index (χ2v) is 11.5. The molecule has 0 N–H and O–H groups in total. The minimum absolute atomic E-state index is 0.158. The number of hydrogen-bond donors (Lipinski definition) is 0. The number of rotatable bonds is 9. The first-order valence-corrected chi connectivity index (χ1v) is 13.9. The summed E-state index contributed by atoms with van der Waals surface area (Å²) in [7, 11) is -0.844. The Kier molecular flexibility index (Phi) is 8.49. The van der Waals surface area contributed by atoms with E-state index in [1.807, 2.05) is 30.3 Å². The predicted octanol–water partition coefficient (Wildman–Crippen LogP) is 5.94. The SMILES string of the molecule is CON(C(C)c1ccc(Sc2cc(F)cc(C3(OC)CCOCC3)c2)cc1)S(=O)(=O)c1ccccc1. The minimum atomic E-state index is -3.84. The summed E-state index contributed by atoms with van der Waals surface area (Å²) in [6, 6.07) is 20.1. The molecule has 9 heteroatoms. The Labute approximate surface area is 216 Å². The second kappa shape index (κ2) is 11.4. The van der Waals surface area contributed by atoms with Gasteiger partial charge in [-0.15, -0.1) is 0 Å². The molecule has 0 aliphatic carbocycles. The number of methoxy groups -OCH3 is 1. The van der Waals surface area contributed by atoms with E-state index in [0.717, 1.165) is 25.4 Å². The highest BCUT2D eigenvalue weighted by molar-refractivity contribution is 7.99. The third kappa shape index (κ3) is 5.66. The van der Waals surface area contributed by atoms with Crippen molar-refractivity contribution in [2.75, 3.05) is 27.4 Å². The fourth-order valence-electron chi connectivity index (χ4n) is 4.43. The number of nitrogens with zero attached hydrogens (tertiary/aromatic N) is 1. The highest BCUT2D eigenvalue weighted by Crippen LogP contribution is 2.39. The normalized spacial score (nSPS) is 16.7. The Hall–Kier alpha value is -2.27. The van der Waals surface area contributed by atoms with Gasteiger partial charge in [-0.2, -0.15) is 0 Å². The van der Waals surface area contributed by atoms with Crippen LogP contribution in [-0.4, -0.2) is 40.3 Å². The molecule has 6 nitrogen and oxygen atoms in total. The predicted molar refractivity (Wildman–Crippen MR) is 137 cm³/mol. The lowest BCUT2D eigenvalue weighted by atomic mass is 9.86. The van der Waals surface area contributed by atoms with Crippen molar-refractivity contribution in [3.63, 3.8) is 0 Å². The quantitative estimate of drug-likeness (QED) is 0.318. The molecule has 0 amide bonds. The van der Waals surface area contributed by atoms with Gasteiger partial charge >= 0.3 is 0 Å². The lowest BCUT2D eigenvalue weighted by molar-refractivity contribution is -0.0950. The smallest absolute Gasteiger partial charge is 0.265 e. The second-order valence-electron chi connectivity index (χ2n) is 8.59. The number of hydrogen-bond acceptors (Lipinski definition) is 6. The highest BCUT2D eigenvalue weighted by atomic mass is 32.2. The van der Waals surface area contributed by atoms with Crippen LogP contribution in [-0.2, 0) is 29.9 Å². The van der Waals surface area contributed by atoms with Crippen molar-refractivity contribution >= 4 is 21.8 Å². The van der Waals surface area contributed by atoms with Gasteiger partial charge in [0.25, 0.3) is 10.0 Å². The van der Waals surface area contributed by atoms with Crippen molar-refractivity contribution in [1.29, 1.82) is 0 Å². The van der Waals surface area contributed by atoms with Crippen molar-refractivity contribution in [2.24, 2.45) is 0 Å². The van der Waals surface area contributed by atoms with Crippen LogP contribution in [0.15, 0.2) is 87.5 Å². The summed E-state index contributed by atoms with van der Waals surface area (Å²) in [6.45, 7) is 2.92. The van der Waals surface area contributed by atoms with E-state index in [1.54, 1.807) is 32.2 Å². The largest absolute Gasteiger partial charge is 0.381 e. The zero-order valence-corrected chi connectivity index (χ0v) is 22.1. The fourth-order valence-corrected chi connectivity index (χ4v) is 6.77. The lowest BCUT2D eigenvalue weighted by Crippen LogP contribution is -2.35. The summed E-state index contributed by atoms with van der Waals surface area (Å²) in [4.78, 5) is 7.11. The van der Waals surface area contributed by atoms with E-state index in [-0.39, 0.29) is 10.7 Å². The molecule has 0 saturated carbocycles. The Morgan fingerprint density at radius 1 is 0.972 bits per heavy atom. The molecule has 1 unspecified atom stereocenters. The van der Waals surface area contributed by atoms with Crippen LogP contribution < -0.4 is 0 Å². The Morgan fingerprint density at radius 2 is 1.64 bits per heavy atom. The molecule has 3 aromatic carbocycles. The van der Waals surface area contributed by atoms with E-state index in [4.69, 9.17) is 14.3 Å². The number of benzene rings is 3. The maximum absolute atomic E-state index is 14.6. The molecule has 192 valence electrons. The van der Waals surface area contributed by atoms with Crippen LogP contribution in [0.25, 0.3) is 0 Å². The van der Waals surface area contributed by atoms with Gasteiger partial charge in [-0.3, -0.25) is 4.84 Å². The molecule has 0 bridgehead atoms. The minimum Gasteiger partial charge on any atom is -0.381 e. The first-order chi connectivity index (χ1) is 17.3. The maximum Gasteiger partial charge on any atom is 0.265 e. The molecule has 0 spiro atoms. The molecule has 36 heavy (non-hydrogen) atoms. The first-order valence-electron chi connectivity index (χ1n) is 11.6. The van der Waals surface area contributed by atoms with Crippen LogP contribution in [0.4, 0.5) is 4.39 Å². The average molecular weight is 532 g/mol. The lowest BCUT2D eigenvalue weighted by Gasteiger charge is -2.36. The van der Waals surface area contributed by atoms with Crippen molar-refractivity contribution in [3.8, 4) is 0 Å². The molecule has 1 aliphatic heterocycles. The van der Waals surface area contributed by atoms with E-state index in [9.17, 15) is 12.8 Å². The molecular formula is C27H30FNO5S2. The van der Waals surface area contributed by atoms with Crippen molar-refractivity contribution < 1.29 is 27.1 Å². The summed E-state index contributed by atoms with van der Waals surface area (Å²) in [6.07, 6.45) is 1.34. The zero-order chi connectivity index (χ0) is 25.8. The van der Waals surface area contributed by atoms with Crippen LogP contribution in [0.1, 0.15) is 36.9 Å². The summed E-state index contributed by atoms with van der Waals surface area (Å²) in [5.41, 5.74) is 1.02. The van der Waals surface area contributed by atoms with Crippen LogP contribution in [0.2, 0.25) is 0 Å². The summed E-state index contributed by atoms with van der Waals surface area (Å²) >= 11 is 1.44. The summed E-state index contributed by atoms with van der Waals surface area (Å²) in [5, 5.41) is 0. The molecule has 1 saturated heterocycles. The topological polar surface area (TPSA) is 65.1 Å². The highest BCUT2D eigenvalue weighted by Gasteiger charge is 2.35. The van der Waals surface area contributed by atoms with Gasteiger partial charge in [0, 0.05) is 43.0 Å². The van der Waals surface area contributed by atoms with Gasteiger partial charge in [0.15, 0.2) is 0 Å². The number of sulfonamides is 1. The average Bonchev–Trinajstić information content (AvgIpc) is 2.90. The van der Waals surface area contributed by atoms with Gasteiger partial charge in [-0.05, 0) is 60.5 Å². The van der Waals surface area contributed by atoms with Gasteiger partial charge in [-0.25, -0.2) is 12.8 Å². The molecule has 3 aromatic rings. The van der Waals surface area contributed by atoms with Crippen LogP contribution in [0, 0.1) is 5.82 Å². The molecule has 1 heterocycles. The molecule has 0 radical (unpaired) electrons. The summed E-state index contributed by atoms with van der Waals surface area (Å²) < 4.78 is 53.0. The van der Waals surface area contributed by atoms with Crippen LogP contribution in [0.5, 0.6) is 0 Å². The van der Waals surface area contributed by atoms with Gasteiger partial charge < -0.3 is 9.47 Å². The third-order valence-electron chi connectivity index (χ3n) is 6.46. The van der Waals surface area contributed by atoms with Crippen LogP contribution >= 0.6 is 11.8 Å².